The van der Waals surface area contributed by atoms with E-state index >= 15 is 0 Å². The number of rotatable bonds is 4. The molecule has 0 aliphatic carbocycles. The molecule has 0 bridgehead atoms. The molecule has 0 aliphatic heterocycles. The van der Waals surface area contributed by atoms with Gasteiger partial charge in [-0.15, -0.1) is 0 Å². The highest BCUT2D eigenvalue weighted by Gasteiger charge is 2.10. The van der Waals surface area contributed by atoms with Crippen LogP contribution in [0.5, 0.6) is 5.75 Å². The average molecular weight is 266 g/mol. The predicted molar refractivity (Wildman–Crippen MR) is 71.6 cm³/mol. The molecule has 2 rings (SSSR count). The second kappa shape index (κ2) is 5.42. The van der Waals surface area contributed by atoms with E-state index in [0.29, 0.717) is 11.6 Å². The van der Waals surface area contributed by atoms with Gasteiger partial charge in [0.25, 0.3) is 0 Å². The van der Waals surface area contributed by atoms with E-state index in [1.165, 1.54) is 0 Å². The van der Waals surface area contributed by atoms with Crippen LogP contribution in [0, 0.1) is 0 Å². The van der Waals surface area contributed by atoms with Gasteiger partial charge in [0.15, 0.2) is 0 Å². The first-order valence-electron chi connectivity index (χ1n) is 5.71. The van der Waals surface area contributed by atoms with Gasteiger partial charge in [0.05, 0.1) is 18.2 Å². The van der Waals surface area contributed by atoms with E-state index in [1.54, 1.807) is 18.6 Å². The Balaban J connectivity index is 2.16. The van der Waals surface area contributed by atoms with E-state index in [9.17, 15) is 0 Å². The molecule has 0 saturated heterocycles. The summed E-state index contributed by atoms with van der Waals surface area (Å²) in [6, 6.07) is 5.36. The molecular weight excluding hydrogens is 250 g/mol. The molecule has 0 amide bonds. The topological polar surface area (TPSA) is 53.1 Å². The lowest BCUT2D eigenvalue weighted by molar-refractivity contribution is 0.292. The summed E-state index contributed by atoms with van der Waals surface area (Å²) < 4.78 is 7.70. The van der Waals surface area contributed by atoms with Gasteiger partial charge in [0.2, 0.25) is 0 Å². The van der Waals surface area contributed by atoms with E-state index < -0.39 is 0 Å². The highest BCUT2D eigenvalue weighted by atomic mass is 35.5. The third kappa shape index (κ3) is 2.83. The van der Waals surface area contributed by atoms with Gasteiger partial charge in [-0.05, 0) is 25.1 Å². The van der Waals surface area contributed by atoms with E-state index in [2.05, 4.69) is 4.98 Å². The molecule has 1 atom stereocenters. The molecule has 0 fully saturated rings. The minimum atomic E-state index is -0.120. The molecule has 18 heavy (non-hydrogen) atoms. The van der Waals surface area contributed by atoms with Gasteiger partial charge in [-0.1, -0.05) is 11.6 Å². The van der Waals surface area contributed by atoms with Crippen molar-refractivity contribution in [2.24, 2.45) is 12.8 Å². The average Bonchev–Trinajstić information content (AvgIpc) is 2.73. The number of nitrogens with two attached hydrogens (primary N) is 1. The van der Waals surface area contributed by atoms with Crippen LogP contribution < -0.4 is 10.5 Å². The molecule has 0 radical (unpaired) electrons. The molecule has 1 unspecified atom stereocenters. The Bertz CT molecular complexity index is 537. The Morgan fingerprint density at radius 1 is 1.50 bits per heavy atom. The number of hydrogen-bond acceptors (Lipinski definition) is 3. The second-order valence-electron chi connectivity index (χ2n) is 4.26. The Kier molecular flexibility index (Phi) is 3.89. The monoisotopic (exact) mass is 265 g/mol. The van der Waals surface area contributed by atoms with Gasteiger partial charge < -0.3 is 15.0 Å². The van der Waals surface area contributed by atoms with E-state index in [0.717, 1.165) is 17.0 Å². The van der Waals surface area contributed by atoms with Gasteiger partial charge in [-0.25, -0.2) is 4.98 Å². The molecule has 0 aliphatic rings. The SMILES string of the molecule is CC(N)c1cc(Cl)ccc1OCc1cncn1C. The zero-order valence-corrected chi connectivity index (χ0v) is 11.2. The standard InChI is InChI=1S/C13H16ClN3O/c1-9(15)12-5-10(14)3-4-13(12)18-7-11-6-16-8-17(11)2/h3-6,8-9H,7,15H2,1-2H3. The number of halogens is 1. The summed E-state index contributed by atoms with van der Waals surface area (Å²) in [5.41, 5.74) is 7.81. The molecule has 5 heteroatoms. The Morgan fingerprint density at radius 2 is 2.28 bits per heavy atom. The molecule has 1 aromatic carbocycles. The zero-order valence-electron chi connectivity index (χ0n) is 10.4. The van der Waals surface area contributed by atoms with Gasteiger partial charge in [0.1, 0.15) is 12.4 Å². The number of aromatic nitrogens is 2. The fraction of sp³-hybridized carbons (Fsp3) is 0.308. The first-order chi connectivity index (χ1) is 8.58. The maximum absolute atomic E-state index is 5.96. The molecule has 2 aromatic rings. The Morgan fingerprint density at radius 3 is 2.89 bits per heavy atom. The predicted octanol–water partition coefficient (Wildman–Crippen LogP) is 2.67. The van der Waals surface area contributed by atoms with Crippen LogP contribution in [0.1, 0.15) is 24.2 Å². The molecule has 96 valence electrons. The summed E-state index contributed by atoms with van der Waals surface area (Å²) in [5, 5.41) is 0.662. The van der Waals surface area contributed by atoms with Crippen LogP contribution in [0.3, 0.4) is 0 Å². The number of hydrogen-bond donors (Lipinski definition) is 1. The molecule has 4 nitrogen and oxygen atoms in total. The molecule has 1 heterocycles. The maximum atomic E-state index is 5.96. The van der Waals surface area contributed by atoms with Crippen LogP contribution in [0.2, 0.25) is 5.02 Å². The first kappa shape index (κ1) is 12.9. The van der Waals surface area contributed by atoms with E-state index in [4.69, 9.17) is 22.1 Å². The van der Waals surface area contributed by atoms with Crippen LogP contribution in [0.25, 0.3) is 0 Å². The number of nitrogens with zero attached hydrogens (tertiary/aromatic N) is 2. The minimum absolute atomic E-state index is 0.120. The van der Waals surface area contributed by atoms with Crippen LogP contribution in [0.4, 0.5) is 0 Å². The third-order valence-electron chi connectivity index (χ3n) is 2.75. The summed E-state index contributed by atoms with van der Waals surface area (Å²) in [4.78, 5) is 4.04. The van der Waals surface area contributed by atoms with Crippen molar-refractivity contribution in [1.29, 1.82) is 0 Å². The van der Waals surface area contributed by atoms with Crippen molar-refractivity contribution in [2.45, 2.75) is 19.6 Å². The zero-order chi connectivity index (χ0) is 13.1. The number of imidazole rings is 1. The first-order valence-corrected chi connectivity index (χ1v) is 6.08. The van der Waals surface area contributed by atoms with Crippen LogP contribution in [-0.2, 0) is 13.7 Å². The quantitative estimate of drug-likeness (QED) is 0.925. The highest BCUT2D eigenvalue weighted by molar-refractivity contribution is 6.30. The van der Waals surface area contributed by atoms with Crippen molar-refractivity contribution in [1.82, 2.24) is 9.55 Å². The van der Waals surface area contributed by atoms with Crippen LogP contribution in [0.15, 0.2) is 30.7 Å². The lowest BCUT2D eigenvalue weighted by Gasteiger charge is -2.14. The smallest absolute Gasteiger partial charge is 0.130 e. The molecular formula is C13H16ClN3O. The Hall–Kier alpha value is -1.52. The van der Waals surface area contributed by atoms with Gasteiger partial charge >= 0.3 is 0 Å². The van der Waals surface area contributed by atoms with Crippen molar-refractivity contribution in [3.05, 3.63) is 47.0 Å². The summed E-state index contributed by atoms with van der Waals surface area (Å²) in [5.74, 6) is 0.760. The molecule has 1 aromatic heterocycles. The largest absolute Gasteiger partial charge is 0.487 e. The molecule has 2 N–H and O–H groups in total. The van der Waals surface area contributed by atoms with Crippen LogP contribution in [-0.4, -0.2) is 9.55 Å². The van der Waals surface area contributed by atoms with Crippen molar-refractivity contribution in [2.75, 3.05) is 0 Å². The van der Waals surface area contributed by atoms with E-state index in [1.807, 2.05) is 30.7 Å². The summed E-state index contributed by atoms with van der Waals surface area (Å²) in [7, 11) is 1.93. The number of benzene rings is 1. The van der Waals surface area contributed by atoms with Crippen molar-refractivity contribution in [3.63, 3.8) is 0 Å². The van der Waals surface area contributed by atoms with Gasteiger partial charge in [-0.3, -0.25) is 0 Å². The minimum Gasteiger partial charge on any atom is -0.487 e. The van der Waals surface area contributed by atoms with Crippen molar-refractivity contribution in [3.8, 4) is 5.75 Å². The van der Waals surface area contributed by atoms with Crippen molar-refractivity contribution >= 4 is 11.6 Å². The summed E-state index contributed by atoms with van der Waals surface area (Å²) in [6.45, 7) is 2.36. The van der Waals surface area contributed by atoms with Gasteiger partial charge in [0, 0.05) is 23.7 Å². The summed E-state index contributed by atoms with van der Waals surface area (Å²) >= 11 is 5.96. The molecule has 0 saturated carbocycles. The third-order valence-corrected chi connectivity index (χ3v) is 2.99. The summed E-state index contributed by atoms with van der Waals surface area (Å²) in [6.07, 6.45) is 3.52. The van der Waals surface area contributed by atoms with E-state index in [-0.39, 0.29) is 6.04 Å². The molecule has 0 spiro atoms. The highest BCUT2D eigenvalue weighted by Crippen LogP contribution is 2.27. The fourth-order valence-electron chi connectivity index (χ4n) is 1.68. The lowest BCUT2D eigenvalue weighted by atomic mass is 10.1. The number of ether oxygens (including phenoxy) is 1. The Labute approximate surface area is 111 Å². The maximum Gasteiger partial charge on any atom is 0.130 e. The van der Waals surface area contributed by atoms with Crippen molar-refractivity contribution < 1.29 is 4.74 Å². The van der Waals surface area contributed by atoms with Crippen LogP contribution >= 0.6 is 11.6 Å². The van der Waals surface area contributed by atoms with Gasteiger partial charge in [-0.2, -0.15) is 0 Å². The fourth-order valence-corrected chi connectivity index (χ4v) is 1.86. The number of aryl methyl sites for hydroxylation is 1. The lowest BCUT2D eigenvalue weighted by Crippen LogP contribution is -2.09. The normalized spacial score (nSPS) is 12.4. The second-order valence-corrected chi connectivity index (χ2v) is 4.69.